The van der Waals surface area contributed by atoms with Crippen LogP contribution in [0.3, 0.4) is 0 Å². The van der Waals surface area contributed by atoms with Gasteiger partial charge in [-0.3, -0.25) is 4.79 Å². The molecule has 0 aromatic carbocycles. The van der Waals surface area contributed by atoms with Crippen molar-refractivity contribution in [3.63, 3.8) is 0 Å². The van der Waals surface area contributed by atoms with Crippen LogP contribution < -0.4 is 0 Å². The van der Waals surface area contributed by atoms with Crippen molar-refractivity contribution in [2.24, 2.45) is 11.8 Å². The van der Waals surface area contributed by atoms with Crippen LogP contribution in [0.15, 0.2) is 12.2 Å². The predicted octanol–water partition coefficient (Wildman–Crippen LogP) is 4.69. The normalized spacial score (nSPS) is 26.2. The van der Waals surface area contributed by atoms with Gasteiger partial charge in [0, 0.05) is 6.42 Å². The fraction of sp³-hybridized carbons (Fsp3) is 0.857. The molecule has 0 radical (unpaired) electrons. The van der Waals surface area contributed by atoms with Gasteiger partial charge in [-0.2, -0.15) is 0 Å². The van der Waals surface area contributed by atoms with E-state index in [1.807, 2.05) is 13.0 Å². The molecule has 4 heteroatoms. The van der Waals surface area contributed by atoms with E-state index in [1.165, 1.54) is 0 Å². The lowest BCUT2D eigenvalue weighted by Crippen LogP contribution is -2.22. The summed E-state index contributed by atoms with van der Waals surface area (Å²) in [7, 11) is 0. The van der Waals surface area contributed by atoms with Gasteiger partial charge in [0.2, 0.25) is 0 Å². The van der Waals surface area contributed by atoms with Gasteiger partial charge in [0.05, 0.1) is 11.7 Å². The first-order valence-electron chi connectivity index (χ1n) is 10.2. The molecule has 4 nitrogen and oxygen atoms in total. The van der Waals surface area contributed by atoms with Crippen molar-refractivity contribution >= 4 is 5.97 Å². The number of aliphatic hydroxyl groups is 2. The van der Waals surface area contributed by atoms with Crippen molar-refractivity contribution in [1.82, 2.24) is 0 Å². The van der Waals surface area contributed by atoms with Crippen LogP contribution in [-0.2, 0) is 4.79 Å². The Kier molecular flexibility index (Phi) is 10.4. The molecule has 4 atom stereocenters. The molecule has 0 aromatic rings. The first kappa shape index (κ1) is 22.2. The standard InChI is InChI=1S/C21H38O4/c1-3-4-9-15-21(2,25)16-14-17-12-13-19(22)18(17)10-7-5-6-8-11-20(23)24/h14,16-19,22,25H,3-13,15H2,1-2H3,(H,23,24)/t17?,18-,19+,21?/m1/s1. The lowest BCUT2D eigenvalue weighted by molar-refractivity contribution is -0.137. The minimum absolute atomic E-state index is 0.237. The summed E-state index contributed by atoms with van der Waals surface area (Å²) in [6, 6.07) is 0. The molecule has 0 aliphatic heterocycles. The second-order valence-corrected chi connectivity index (χ2v) is 7.99. The zero-order valence-corrected chi connectivity index (χ0v) is 16.1. The van der Waals surface area contributed by atoms with Crippen molar-refractivity contribution in [1.29, 1.82) is 0 Å². The Morgan fingerprint density at radius 2 is 1.84 bits per heavy atom. The van der Waals surface area contributed by atoms with Gasteiger partial charge in [-0.1, -0.05) is 57.6 Å². The molecule has 1 aliphatic carbocycles. The van der Waals surface area contributed by atoms with Gasteiger partial charge in [-0.05, 0) is 50.9 Å². The third-order valence-electron chi connectivity index (χ3n) is 5.51. The first-order valence-corrected chi connectivity index (χ1v) is 10.2. The number of allylic oxidation sites excluding steroid dienone is 1. The molecule has 146 valence electrons. The molecule has 1 saturated carbocycles. The summed E-state index contributed by atoms with van der Waals surface area (Å²) < 4.78 is 0. The van der Waals surface area contributed by atoms with E-state index in [-0.39, 0.29) is 18.4 Å². The first-order chi connectivity index (χ1) is 11.9. The molecule has 0 aromatic heterocycles. The van der Waals surface area contributed by atoms with Gasteiger partial charge in [-0.15, -0.1) is 0 Å². The number of aliphatic hydroxyl groups excluding tert-OH is 1. The third kappa shape index (κ3) is 9.41. The summed E-state index contributed by atoms with van der Waals surface area (Å²) >= 11 is 0. The fourth-order valence-electron chi connectivity index (χ4n) is 3.88. The topological polar surface area (TPSA) is 77.8 Å². The van der Waals surface area contributed by atoms with Crippen LogP contribution in [0.2, 0.25) is 0 Å². The molecule has 3 N–H and O–H groups in total. The van der Waals surface area contributed by atoms with E-state index in [0.29, 0.717) is 5.92 Å². The van der Waals surface area contributed by atoms with Crippen LogP contribution in [-0.4, -0.2) is 33.0 Å². The quantitative estimate of drug-likeness (QED) is 0.331. The maximum absolute atomic E-state index is 10.5. The highest BCUT2D eigenvalue weighted by Gasteiger charge is 2.33. The minimum atomic E-state index is -0.746. The Balaban J connectivity index is 2.37. The van der Waals surface area contributed by atoms with Crippen molar-refractivity contribution in [2.45, 2.75) is 103 Å². The number of carbonyl (C=O) groups is 1. The number of aliphatic carboxylic acids is 1. The predicted molar refractivity (Wildman–Crippen MR) is 101 cm³/mol. The molecular formula is C21H38O4. The van der Waals surface area contributed by atoms with Crippen LogP contribution in [0.1, 0.15) is 90.9 Å². The molecule has 1 rings (SSSR count). The summed E-state index contributed by atoms with van der Waals surface area (Å²) in [4.78, 5) is 10.5. The van der Waals surface area contributed by atoms with Crippen LogP contribution in [0.5, 0.6) is 0 Å². The van der Waals surface area contributed by atoms with Gasteiger partial charge in [0.15, 0.2) is 0 Å². The summed E-state index contributed by atoms with van der Waals surface area (Å²) in [6.45, 7) is 4.04. The van der Waals surface area contributed by atoms with Crippen LogP contribution in [0, 0.1) is 11.8 Å². The lowest BCUT2D eigenvalue weighted by atomic mass is 9.87. The Labute approximate surface area is 153 Å². The molecule has 1 fully saturated rings. The zero-order chi connectivity index (χ0) is 18.7. The van der Waals surface area contributed by atoms with E-state index in [4.69, 9.17) is 5.11 Å². The molecule has 0 saturated heterocycles. The molecule has 2 unspecified atom stereocenters. The van der Waals surface area contributed by atoms with Crippen LogP contribution >= 0.6 is 0 Å². The third-order valence-corrected chi connectivity index (χ3v) is 5.51. The van der Waals surface area contributed by atoms with Gasteiger partial charge >= 0.3 is 5.97 Å². The highest BCUT2D eigenvalue weighted by Crippen LogP contribution is 2.37. The van der Waals surface area contributed by atoms with E-state index in [9.17, 15) is 15.0 Å². The molecule has 0 spiro atoms. The average Bonchev–Trinajstić information content (AvgIpc) is 2.89. The zero-order valence-electron chi connectivity index (χ0n) is 16.1. The van der Waals surface area contributed by atoms with Gasteiger partial charge in [0.25, 0.3) is 0 Å². The van der Waals surface area contributed by atoms with Crippen LogP contribution in [0.4, 0.5) is 0 Å². The van der Waals surface area contributed by atoms with E-state index < -0.39 is 11.6 Å². The molecule has 25 heavy (non-hydrogen) atoms. The van der Waals surface area contributed by atoms with Crippen molar-refractivity contribution in [2.75, 3.05) is 0 Å². The Morgan fingerprint density at radius 3 is 2.52 bits per heavy atom. The van der Waals surface area contributed by atoms with E-state index >= 15 is 0 Å². The van der Waals surface area contributed by atoms with Crippen molar-refractivity contribution < 1.29 is 20.1 Å². The number of hydrogen-bond donors (Lipinski definition) is 3. The highest BCUT2D eigenvalue weighted by molar-refractivity contribution is 5.66. The maximum Gasteiger partial charge on any atom is 0.303 e. The number of hydrogen-bond acceptors (Lipinski definition) is 3. The number of carboxylic acid groups (broad SMARTS) is 1. The molecule has 1 aliphatic rings. The van der Waals surface area contributed by atoms with Gasteiger partial charge < -0.3 is 15.3 Å². The Bertz CT molecular complexity index is 403. The second-order valence-electron chi connectivity index (χ2n) is 7.99. The average molecular weight is 355 g/mol. The SMILES string of the molecule is CCCCCC(C)(O)C=CC1CC[C@H](O)[C@@H]1CCCCCCC(=O)O. The largest absolute Gasteiger partial charge is 0.481 e. The summed E-state index contributed by atoms with van der Waals surface area (Å²) in [5.74, 6) is -0.0868. The van der Waals surface area contributed by atoms with Gasteiger partial charge in [-0.25, -0.2) is 0 Å². The van der Waals surface area contributed by atoms with E-state index in [2.05, 4.69) is 13.0 Å². The van der Waals surface area contributed by atoms with Crippen molar-refractivity contribution in [3.8, 4) is 0 Å². The molecule has 0 bridgehead atoms. The smallest absolute Gasteiger partial charge is 0.303 e. The molecule has 0 heterocycles. The highest BCUT2D eigenvalue weighted by atomic mass is 16.4. The number of carboxylic acids is 1. The van der Waals surface area contributed by atoms with Gasteiger partial charge in [0.1, 0.15) is 0 Å². The van der Waals surface area contributed by atoms with Crippen molar-refractivity contribution in [3.05, 3.63) is 12.2 Å². The summed E-state index contributed by atoms with van der Waals surface area (Å²) in [5, 5.41) is 29.4. The monoisotopic (exact) mass is 354 g/mol. The van der Waals surface area contributed by atoms with Crippen LogP contribution in [0.25, 0.3) is 0 Å². The Hall–Kier alpha value is -0.870. The molecular weight excluding hydrogens is 316 g/mol. The van der Waals surface area contributed by atoms with E-state index in [1.54, 1.807) is 0 Å². The number of unbranched alkanes of at least 4 members (excludes halogenated alkanes) is 5. The molecule has 0 amide bonds. The van der Waals surface area contributed by atoms with E-state index in [0.717, 1.165) is 70.6 Å². The number of rotatable bonds is 13. The lowest BCUT2D eigenvalue weighted by Gasteiger charge is -2.23. The minimum Gasteiger partial charge on any atom is -0.481 e. The maximum atomic E-state index is 10.5. The fourth-order valence-corrected chi connectivity index (χ4v) is 3.88. The summed E-state index contributed by atoms with van der Waals surface area (Å²) in [5.41, 5.74) is -0.746. The summed E-state index contributed by atoms with van der Waals surface area (Å²) in [6.07, 6.45) is 14.8. The Morgan fingerprint density at radius 1 is 1.12 bits per heavy atom. The second kappa shape index (κ2) is 11.7.